The Hall–Kier alpha value is -1.03. The molecular formula is C10H19N3O. The number of nitrogen functional groups attached to an aromatic ring is 1. The predicted molar refractivity (Wildman–Crippen MR) is 57.0 cm³/mol. The highest BCUT2D eigenvalue weighted by Gasteiger charge is 2.13. The first-order chi connectivity index (χ1) is 6.31. The fourth-order valence-electron chi connectivity index (χ4n) is 1.09. The van der Waals surface area contributed by atoms with E-state index in [0.29, 0.717) is 6.73 Å². The highest BCUT2D eigenvalue weighted by molar-refractivity contribution is 5.46. The minimum atomic E-state index is -0.152. The zero-order chi connectivity index (χ0) is 10.9. The van der Waals surface area contributed by atoms with Gasteiger partial charge in [0.2, 0.25) is 0 Å². The van der Waals surface area contributed by atoms with Gasteiger partial charge in [-0.25, -0.2) is 4.68 Å². The van der Waals surface area contributed by atoms with Gasteiger partial charge in [-0.2, -0.15) is 5.10 Å². The van der Waals surface area contributed by atoms with Crippen molar-refractivity contribution in [1.82, 2.24) is 9.78 Å². The van der Waals surface area contributed by atoms with Crippen molar-refractivity contribution in [2.24, 2.45) is 0 Å². The first-order valence-electron chi connectivity index (χ1n) is 4.74. The van der Waals surface area contributed by atoms with Crippen LogP contribution in [-0.4, -0.2) is 15.4 Å². The summed E-state index contributed by atoms with van der Waals surface area (Å²) in [7, 11) is 0. The summed E-state index contributed by atoms with van der Waals surface area (Å²) in [5, 5.41) is 4.28. The Morgan fingerprint density at radius 1 is 1.36 bits per heavy atom. The van der Waals surface area contributed by atoms with Gasteiger partial charge in [0.05, 0.1) is 22.7 Å². The molecule has 0 aliphatic heterocycles. The molecule has 4 heteroatoms. The molecule has 0 radical (unpaired) electrons. The molecule has 1 heterocycles. The number of ether oxygens (including phenoxy) is 1. The van der Waals surface area contributed by atoms with Crippen LogP contribution in [-0.2, 0) is 11.5 Å². The standard InChI is InChI=1S/C10H19N3O/c1-7-9(11)8(2)13(12-7)6-14-10(3,4)5/h6,11H2,1-5H3. The van der Waals surface area contributed by atoms with E-state index in [0.717, 1.165) is 17.1 Å². The van der Waals surface area contributed by atoms with Gasteiger partial charge in [-0.1, -0.05) is 0 Å². The number of nitrogens with two attached hydrogens (primary N) is 1. The van der Waals surface area contributed by atoms with Crippen molar-refractivity contribution >= 4 is 5.69 Å². The van der Waals surface area contributed by atoms with E-state index in [9.17, 15) is 0 Å². The monoisotopic (exact) mass is 197 g/mol. The molecular weight excluding hydrogens is 178 g/mol. The largest absolute Gasteiger partial charge is 0.396 e. The average molecular weight is 197 g/mol. The van der Waals surface area contributed by atoms with Crippen molar-refractivity contribution in [3.05, 3.63) is 11.4 Å². The Bertz CT molecular complexity index is 323. The van der Waals surface area contributed by atoms with Crippen molar-refractivity contribution in [1.29, 1.82) is 0 Å². The summed E-state index contributed by atoms with van der Waals surface area (Å²) in [4.78, 5) is 0. The molecule has 0 spiro atoms. The van der Waals surface area contributed by atoms with Crippen molar-refractivity contribution in [3.8, 4) is 0 Å². The summed E-state index contributed by atoms with van der Waals surface area (Å²) < 4.78 is 7.40. The molecule has 0 amide bonds. The second kappa shape index (κ2) is 3.61. The molecule has 14 heavy (non-hydrogen) atoms. The Morgan fingerprint density at radius 3 is 2.29 bits per heavy atom. The normalized spacial score (nSPS) is 12.1. The summed E-state index contributed by atoms with van der Waals surface area (Å²) in [6.07, 6.45) is 0. The molecule has 0 saturated heterocycles. The molecule has 4 nitrogen and oxygen atoms in total. The van der Waals surface area contributed by atoms with Crippen molar-refractivity contribution < 1.29 is 4.74 Å². The van der Waals surface area contributed by atoms with Crippen LogP contribution in [0.2, 0.25) is 0 Å². The van der Waals surface area contributed by atoms with Gasteiger partial charge in [-0.3, -0.25) is 0 Å². The lowest BCUT2D eigenvalue weighted by molar-refractivity contribution is -0.0487. The van der Waals surface area contributed by atoms with Gasteiger partial charge < -0.3 is 10.5 Å². The van der Waals surface area contributed by atoms with Gasteiger partial charge in [-0.15, -0.1) is 0 Å². The number of anilines is 1. The molecule has 0 fully saturated rings. The zero-order valence-corrected chi connectivity index (χ0v) is 9.59. The predicted octanol–water partition coefficient (Wildman–Crippen LogP) is 1.85. The maximum absolute atomic E-state index is 5.80. The molecule has 80 valence electrons. The Morgan fingerprint density at radius 2 is 1.93 bits per heavy atom. The number of aryl methyl sites for hydroxylation is 1. The highest BCUT2D eigenvalue weighted by atomic mass is 16.5. The molecule has 0 aliphatic carbocycles. The zero-order valence-electron chi connectivity index (χ0n) is 9.59. The fourth-order valence-corrected chi connectivity index (χ4v) is 1.09. The smallest absolute Gasteiger partial charge is 0.140 e. The van der Waals surface area contributed by atoms with E-state index in [1.54, 1.807) is 4.68 Å². The van der Waals surface area contributed by atoms with E-state index in [1.165, 1.54) is 0 Å². The molecule has 0 bridgehead atoms. The number of rotatable bonds is 2. The number of hydrogen-bond donors (Lipinski definition) is 1. The van der Waals surface area contributed by atoms with Crippen molar-refractivity contribution in [2.45, 2.75) is 47.0 Å². The van der Waals surface area contributed by atoms with E-state index >= 15 is 0 Å². The summed E-state index contributed by atoms with van der Waals surface area (Å²) in [5.74, 6) is 0. The lowest BCUT2D eigenvalue weighted by Crippen LogP contribution is -2.22. The van der Waals surface area contributed by atoms with Gasteiger partial charge in [0, 0.05) is 0 Å². The topological polar surface area (TPSA) is 53.1 Å². The van der Waals surface area contributed by atoms with Gasteiger partial charge >= 0.3 is 0 Å². The molecule has 2 N–H and O–H groups in total. The lowest BCUT2D eigenvalue weighted by Gasteiger charge is -2.19. The molecule has 0 saturated carbocycles. The van der Waals surface area contributed by atoms with E-state index < -0.39 is 0 Å². The third kappa shape index (κ3) is 2.48. The van der Waals surface area contributed by atoms with Crippen LogP contribution in [0.25, 0.3) is 0 Å². The molecule has 1 aromatic rings. The maximum atomic E-state index is 5.80. The van der Waals surface area contributed by atoms with Crippen LogP contribution in [0.15, 0.2) is 0 Å². The van der Waals surface area contributed by atoms with Crippen LogP contribution in [0.5, 0.6) is 0 Å². The molecule has 0 unspecified atom stereocenters. The SMILES string of the molecule is Cc1nn(COC(C)(C)C)c(C)c1N. The number of aromatic nitrogens is 2. The van der Waals surface area contributed by atoms with Crippen molar-refractivity contribution in [3.63, 3.8) is 0 Å². The second-order valence-electron chi connectivity index (χ2n) is 4.47. The molecule has 1 aromatic heterocycles. The van der Waals surface area contributed by atoms with E-state index in [1.807, 2.05) is 34.6 Å². The second-order valence-corrected chi connectivity index (χ2v) is 4.47. The van der Waals surface area contributed by atoms with Crippen LogP contribution in [0.3, 0.4) is 0 Å². The van der Waals surface area contributed by atoms with Crippen LogP contribution in [0.1, 0.15) is 32.2 Å². The quantitative estimate of drug-likeness (QED) is 0.787. The summed E-state index contributed by atoms with van der Waals surface area (Å²) in [6, 6.07) is 0. The van der Waals surface area contributed by atoms with Gasteiger partial charge in [0.15, 0.2) is 0 Å². The first kappa shape index (κ1) is 11.0. The average Bonchev–Trinajstić information content (AvgIpc) is 2.28. The van der Waals surface area contributed by atoms with Gasteiger partial charge in [0.1, 0.15) is 6.73 Å². The Kier molecular flexibility index (Phi) is 2.85. The van der Waals surface area contributed by atoms with E-state index in [-0.39, 0.29) is 5.60 Å². The third-order valence-electron chi connectivity index (χ3n) is 2.06. The Balaban J connectivity index is 2.73. The summed E-state index contributed by atoms with van der Waals surface area (Å²) >= 11 is 0. The first-order valence-corrected chi connectivity index (χ1v) is 4.74. The molecule has 0 atom stereocenters. The molecule has 0 aliphatic rings. The number of nitrogens with zero attached hydrogens (tertiary/aromatic N) is 2. The maximum Gasteiger partial charge on any atom is 0.140 e. The minimum Gasteiger partial charge on any atom is -0.396 e. The summed E-state index contributed by atoms with van der Waals surface area (Å²) in [5.41, 5.74) is 8.23. The van der Waals surface area contributed by atoms with E-state index in [2.05, 4.69) is 5.10 Å². The minimum absolute atomic E-state index is 0.152. The van der Waals surface area contributed by atoms with Crippen LogP contribution in [0, 0.1) is 13.8 Å². The van der Waals surface area contributed by atoms with Gasteiger partial charge in [0.25, 0.3) is 0 Å². The fraction of sp³-hybridized carbons (Fsp3) is 0.700. The Labute approximate surface area is 85.0 Å². The van der Waals surface area contributed by atoms with Crippen LogP contribution < -0.4 is 5.73 Å². The van der Waals surface area contributed by atoms with Crippen LogP contribution >= 0.6 is 0 Å². The summed E-state index contributed by atoms with van der Waals surface area (Å²) in [6.45, 7) is 10.3. The number of hydrogen-bond acceptors (Lipinski definition) is 3. The molecule has 0 aromatic carbocycles. The third-order valence-corrected chi connectivity index (χ3v) is 2.06. The lowest BCUT2D eigenvalue weighted by atomic mass is 10.2. The van der Waals surface area contributed by atoms with Crippen LogP contribution in [0.4, 0.5) is 5.69 Å². The molecule has 1 rings (SSSR count). The van der Waals surface area contributed by atoms with Gasteiger partial charge in [-0.05, 0) is 34.6 Å². The highest BCUT2D eigenvalue weighted by Crippen LogP contribution is 2.16. The van der Waals surface area contributed by atoms with E-state index in [4.69, 9.17) is 10.5 Å². The van der Waals surface area contributed by atoms with Crippen molar-refractivity contribution in [2.75, 3.05) is 5.73 Å².